The summed E-state index contributed by atoms with van der Waals surface area (Å²) < 4.78 is 6.07. The molecule has 1 N–H and O–H groups in total. The molecule has 9 heteroatoms. The topological polar surface area (TPSA) is 59.9 Å². The van der Waals surface area contributed by atoms with Crippen molar-refractivity contribution in [2.24, 2.45) is 0 Å². The van der Waals surface area contributed by atoms with Gasteiger partial charge in [0, 0.05) is 27.4 Å². The van der Waals surface area contributed by atoms with Crippen molar-refractivity contribution < 1.29 is 4.74 Å². The lowest BCUT2D eigenvalue weighted by molar-refractivity contribution is 0.415. The van der Waals surface area contributed by atoms with Gasteiger partial charge in [0.2, 0.25) is 5.13 Å². The Labute approximate surface area is 179 Å². The third-order valence-corrected chi connectivity index (χ3v) is 6.93. The summed E-state index contributed by atoms with van der Waals surface area (Å²) in [6, 6.07) is 15.4. The molecule has 0 aliphatic heterocycles. The highest BCUT2D eigenvalue weighted by molar-refractivity contribution is 8.00. The van der Waals surface area contributed by atoms with Gasteiger partial charge in [0.25, 0.3) is 0 Å². The normalized spacial score (nSPS) is 10.8. The summed E-state index contributed by atoms with van der Waals surface area (Å²) in [7, 11) is 1.65. The average Bonchev–Trinajstić information content (AvgIpc) is 3.37. The Bertz CT molecular complexity index is 1050. The van der Waals surface area contributed by atoms with Crippen LogP contribution in [0.25, 0.3) is 10.6 Å². The molecular weight excluding hydrogens is 432 g/mol. The van der Waals surface area contributed by atoms with Crippen LogP contribution in [0.4, 0.5) is 10.8 Å². The maximum atomic E-state index is 5.95. The first-order valence-electron chi connectivity index (χ1n) is 8.27. The van der Waals surface area contributed by atoms with Crippen molar-refractivity contribution in [1.29, 1.82) is 0 Å². The molecule has 5 nitrogen and oxygen atoms in total. The molecule has 0 spiro atoms. The molecule has 0 atom stereocenters. The van der Waals surface area contributed by atoms with Crippen molar-refractivity contribution in [3.05, 3.63) is 64.6 Å². The highest BCUT2D eigenvalue weighted by Gasteiger charge is 2.09. The summed E-state index contributed by atoms with van der Waals surface area (Å²) in [5, 5.41) is 16.3. The zero-order valence-corrected chi connectivity index (χ0v) is 18.0. The number of rotatable bonds is 7. The van der Waals surface area contributed by atoms with Crippen LogP contribution in [0.2, 0.25) is 5.02 Å². The zero-order valence-electron chi connectivity index (χ0n) is 14.8. The van der Waals surface area contributed by atoms with Gasteiger partial charge in [0.15, 0.2) is 4.34 Å². The number of thioether (sulfide) groups is 1. The first-order chi connectivity index (χ1) is 13.7. The highest BCUT2D eigenvalue weighted by atomic mass is 35.5. The Balaban J connectivity index is 1.35. The van der Waals surface area contributed by atoms with Crippen molar-refractivity contribution >= 4 is 56.9 Å². The molecule has 2 heterocycles. The van der Waals surface area contributed by atoms with E-state index in [-0.39, 0.29) is 0 Å². The molecule has 0 aliphatic carbocycles. The van der Waals surface area contributed by atoms with E-state index in [9.17, 15) is 0 Å². The number of anilines is 2. The number of aromatic nitrogens is 3. The first-order valence-corrected chi connectivity index (χ1v) is 11.3. The van der Waals surface area contributed by atoms with E-state index in [4.69, 9.17) is 21.3 Å². The van der Waals surface area contributed by atoms with Crippen molar-refractivity contribution in [3.8, 4) is 16.3 Å². The van der Waals surface area contributed by atoms with E-state index in [1.165, 1.54) is 11.3 Å². The van der Waals surface area contributed by atoms with Gasteiger partial charge in [-0.25, -0.2) is 4.98 Å². The predicted octanol–water partition coefficient (Wildman–Crippen LogP) is 6.36. The fourth-order valence-corrected chi connectivity index (χ4v) is 5.07. The summed E-state index contributed by atoms with van der Waals surface area (Å²) in [6.45, 7) is 0. The van der Waals surface area contributed by atoms with Gasteiger partial charge in [-0.1, -0.05) is 46.8 Å². The molecule has 4 rings (SSSR count). The Hall–Kier alpha value is -2.13. The van der Waals surface area contributed by atoms with Gasteiger partial charge in [-0.05, 0) is 36.4 Å². The van der Waals surface area contributed by atoms with E-state index in [0.29, 0.717) is 0 Å². The van der Waals surface area contributed by atoms with Crippen LogP contribution in [-0.4, -0.2) is 22.3 Å². The summed E-state index contributed by atoms with van der Waals surface area (Å²) in [5.41, 5.74) is 3.05. The highest BCUT2D eigenvalue weighted by Crippen LogP contribution is 2.32. The standard InChI is InChI=1S/C19H15ClN4OS3/c1-25-16-8-6-14(7-9-16)22-18-23-24-19(28-18)27-11-15-10-26-17(21-15)12-2-4-13(20)5-3-12/h2-10H,11H2,1H3,(H,22,23). The van der Waals surface area contributed by atoms with E-state index < -0.39 is 0 Å². The maximum absolute atomic E-state index is 5.95. The molecule has 0 unspecified atom stereocenters. The molecule has 0 aliphatic rings. The Morgan fingerprint density at radius 3 is 2.61 bits per heavy atom. The molecule has 0 saturated heterocycles. The van der Waals surface area contributed by atoms with Crippen LogP contribution >= 0.6 is 46.0 Å². The minimum atomic E-state index is 0.728. The van der Waals surface area contributed by atoms with Crippen LogP contribution in [0.5, 0.6) is 5.75 Å². The Kier molecular flexibility index (Phi) is 6.11. The van der Waals surface area contributed by atoms with Gasteiger partial charge in [0.1, 0.15) is 10.8 Å². The number of methoxy groups -OCH3 is 1. The minimum Gasteiger partial charge on any atom is -0.497 e. The second-order valence-electron chi connectivity index (χ2n) is 5.67. The SMILES string of the molecule is COc1ccc(Nc2nnc(SCc3csc(-c4ccc(Cl)cc4)n3)s2)cc1. The number of nitrogens with zero attached hydrogens (tertiary/aromatic N) is 3. The number of nitrogens with one attached hydrogen (secondary N) is 1. The quantitative estimate of drug-likeness (QED) is 0.333. The van der Waals surface area contributed by atoms with Crippen molar-refractivity contribution in [3.63, 3.8) is 0 Å². The molecule has 2 aromatic heterocycles. The monoisotopic (exact) mass is 446 g/mol. The van der Waals surface area contributed by atoms with Crippen LogP contribution in [0.15, 0.2) is 58.3 Å². The third kappa shape index (κ3) is 4.82. The lowest BCUT2D eigenvalue weighted by Crippen LogP contribution is -1.89. The predicted molar refractivity (Wildman–Crippen MR) is 118 cm³/mol. The second-order valence-corrected chi connectivity index (χ2v) is 9.16. The van der Waals surface area contributed by atoms with Gasteiger partial charge >= 0.3 is 0 Å². The smallest absolute Gasteiger partial charge is 0.210 e. The molecule has 28 heavy (non-hydrogen) atoms. The number of thiazole rings is 1. The molecular formula is C19H15ClN4OS3. The summed E-state index contributed by atoms with van der Waals surface area (Å²) in [4.78, 5) is 4.70. The summed E-state index contributed by atoms with van der Waals surface area (Å²) in [5.74, 6) is 1.57. The average molecular weight is 447 g/mol. The van der Waals surface area contributed by atoms with Crippen molar-refractivity contribution in [2.75, 3.05) is 12.4 Å². The fraction of sp³-hybridized carbons (Fsp3) is 0.105. The zero-order chi connectivity index (χ0) is 19.3. The number of benzene rings is 2. The molecule has 4 aromatic rings. The van der Waals surface area contributed by atoms with Crippen LogP contribution < -0.4 is 10.1 Å². The molecule has 0 amide bonds. The third-order valence-electron chi connectivity index (χ3n) is 3.73. The van der Waals surface area contributed by atoms with Gasteiger partial charge in [-0.3, -0.25) is 0 Å². The number of hydrogen-bond acceptors (Lipinski definition) is 8. The molecule has 2 aromatic carbocycles. The number of halogens is 1. The summed E-state index contributed by atoms with van der Waals surface area (Å²) >= 11 is 10.7. The minimum absolute atomic E-state index is 0.728. The lowest BCUT2D eigenvalue weighted by atomic mass is 10.2. The molecule has 142 valence electrons. The lowest BCUT2D eigenvalue weighted by Gasteiger charge is -2.03. The largest absolute Gasteiger partial charge is 0.497 e. The first kappa shape index (κ1) is 19.2. The Morgan fingerprint density at radius 1 is 1.07 bits per heavy atom. The van der Waals surface area contributed by atoms with Crippen LogP contribution in [0.1, 0.15) is 5.69 Å². The van der Waals surface area contributed by atoms with Crippen molar-refractivity contribution in [2.45, 2.75) is 10.1 Å². The van der Waals surface area contributed by atoms with E-state index in [0.717, 1.165) is 47.9 Å². The van der Waals surface area contributed by atoms with Crippen LogP contribution in [0, 0.1) is 0 Å². The molecule has 0 fully saturated rings. The van der Waals surface area contributed by atoms with E-state index in [1.54, 1.807) is 30.2 Å². The van der Waals surface area contributed by atoms with E-state index in [1.807, 2.05) is 48.5 Å². The number of ether oxygens (including phenoxy) is 1. The van der Waals surface area contributed by atoms with Crippen LogP contribution in [0.3, 0.4) is 0 Å². The fourth-order valence-electron chi connectivity index (χ4n) is 2.35. The second kappa shape index (κ2) is 8.91. The van der Waals surface area contributed by atoms with Gasteiger partial charge in [-0.15, -0.1) is 21.5 Å². The maximum Gasteiger partial charge on any atom is 0.210 e. The summed E-state index contributed by atoms with van der Waals surface area (Å²) in [6.07, 6.45) is 0. The van der Waals surface area contributed by atoms with Crippen molar-refractivity contribution in [1.82, 2.24) is 15.2 Å². The van der Waals surface area contributed by atoms with Gasteiger partial charge in [0.05, 0.1) is 12.8 Å². The Morgan fingerprint density at radius 2 is 1.86 bits per heavy atom. The molecule has 0 saturated carbocycles. The van der Waals surface area contributed by atoms with Gasteiger partial charge in [-0.2, -0.15) is 0 Å². The van der Waals surface area contributed by atoms with Gasteiger partial charge < -0.3 is 10.1 Å². The van der Waals surface area contributed by atoms with E-state index >= 15 is 0 Å². The molecule has 0 bridgehead atoms. The molecule has 0 radical (unpaired) electrons. The van der Waals surface area contributed by atoms with Crippen LogP contribution in [-0.2, 0) is 5.75 Å². The number of hydrogen-bond donors (Lipinski definition) is 1. The van der Waals surface area contributed by atoms with E-state index in [2.05, 4.69) is 20.9 Å².